The molecule has 3 nitrogen and oxygen atoms in total. The molecule has 0 aliphatic carbocycles. The Balaban J connectivity index is 0. The molecule has 0 atom stereocenters. The molecule has 0 aromatic carbocycles. The third-order valence-electron chi connectivity index (χ3n) is 0.524. The molecule has 0 spiro atoms. The number of hydrogen-bond donors (Lipinski definition) is 0. The second kappa shape index (κ2) is 11.4. The van der Waals surface area contributed by atoms with E-state index in [1.54, 1.807) is 13.8 Å². The van der Waals surface area contributed by atoms with Crippen molar-refractivity contribution in [3.8, 4) is 0 Å². The van der Waals surface area contributed by atoms with E-state index in [2.05, 4.69) is 24.6 Å². The predicted octanol–water partition coefficient (Wildman–Crippen LogP) is 2.01. The molecule has 0 saturated carbocycles. The molecule has 0 rings (SSSR count). The summed E-state index contributed by atoms with van der Waals surface area (Å²) in [4.78, 5) is -2.02. The quantitative estimate of drug-likeness (QED) is 0.566. The van der Waals surface area contributed by atoms with Gasteiger partial charge in [-0.2, -0.15) is 0 Å². The second-order valence-electron chi connectivity index (χ2n) is 1.30. The van der Waals surface area contributed by atoms with E-state index in [1.165, 1.54) is 0 Å². The van der Waals surface area contributed by atoms with Gasteiger partial charge in [-0.1, -0.05) is 0 Å². The third-order valence-corrected chi connectivity index (χ3v) is 1.57. The molecule has 0 fully saturated rings. The van der Waals surface area contributed by atoms with Crippen LogP contribution >= 0.6 is 8.25 Å². The van der Waals surface area contributed by atoms with Gasteiger partial charge in [0, 0.05) is 0 Å². The molecule has 0 aromatic rings. The zero-order valence-corrected chi connectivity index (χ0v) is 8.64. The molecule has 79 valence electrons. The van der Waals surface area contributed by atoms with Crippen molar-refractivity contribution < 1.29 is 38.0 Å². The van der Waals surface area contributed by atoms with Crippen molar-refractivity contribution in [2.75, 3.05) is 13.2 Å². The minimum atomic E-state index is -2.14. The van der Waals surface area contributed by atoms with Gasteiger partial charge in [-0.05, 0) is 13.8 Å². The van der Waals surface area contributed by atoms with Crippen LogP contribution in [0.4, 0.5) is 8.78 Å². The molecule has 0 amide bonds. The molecule has 0 N–H and O–H groups in total. The Morgan fingerprint density at radius 2 is 1.58 bits per heavy atom. The van der Waals surface area contributed by atoms with E-state index < -0.39 is 13.2 Å². The van der Waals surface area contributed by atoms with Crippen LogP contribution in [0.3, 0.4) is 0 Å². The van der Waals surface area contributed by atoms with E-state index in [-0.39, 0.29) is 0 Å². The monoisotopic (exact) mass is 251 g/mol. The van der Waals surface area contributed by atoms with Crippen molar-refractivity contribution in [3.05, 3.63) is 0 Å². The molecular weight excluding hydrogens is 241 g/mol. The van der Waals surface area contributed by atoms with Gasteiger partial charge in [-0.25, -0.2) is 0 Å². The van der Waals surface area contributed by atoms with E-state index in [1.807, 2.05) is 0 Å². The van der Waals surface area contributed by atoms with Gasteiger partial charge in [-0.3, -0.25) is 4.57 Å². The molecule has 12 heavy (non-hydrogen) atoms. The summed E-state index contributed by atoms with van der Waals surface area (Å²) in [6.07, 6.45) is 0. The Kier molecular flexibility index (Phi) is 14.2. The summed E-state index contributed by atoms with van der Waals surface area (Å²) in [5.74, 6) is 0. The summed E-state index contributed by atoms with van der Waals surface area (Å²) in [7, 11) is -2.14. The summed E-state index contributed by atoms with van der Waals surface area (Å²) >= 11 is 3.33. The van der Waals surface area contributed by atoms with Crippen LogP contribution in [0.25, 0.3) is 0 Å². The van der Waals surface area contributed by atoms with Gasteiger partial charge in [0.05, 0.1) is 13.2 Å². The first kappa shape index (κ1) is 14.9. The molecule has 0 saturated heterocycles. The Morgan fingerprint density at radius 1 is 1.33 bits per heavy atom. The number of halogens is 2. The average Bonchev–Trinajstić information content (AvgIpc) is 1.87. The molecule has 0 unspecified atom stereocenters. The summed E-state index contributed by atoms with van der Waals surface area (Å²) in [5, 5.41) is 0. The van der Waals surface area contributed by atoms with Gasteiger partial charge in [0.15, 0.2) is 0 Å². The average molecular weight is 252 g/mol. The Hall–Kier alpha value is 0.399. The topological polar surface area (TPSA) is 35.5 Å². The maximum absolute atomic E-state index is 10.4. The van der Waals surface area contributed by atoms with Crippen molar-refractivity contribution in [1.29, 1.82) is 0 Å². The molecular formula is C5H11CuF2O3P. The van der Waals surface area contributed by atoms with Crippen LogP contribution in [0.5, 0.6) is 0 Å². The third kappa shape index (κ3) is 22.4. The fourth-order valence-electron chi connectivity index (χ4n) is 0.277. The first-order valence-electron chi connectivity index (χ1n) is 3.13. The first-order chi connectivity index (χ1) is 5.54. The normalized spacial score (nSPS) is 9.25. The summed E-state index contributed by atoms with van der Waals surface area (Å²) in [6, 6.07) is 0. The van der Waals surface area contributed by atoms with Gasteiger partial charge in [-0.15, -0.1) is 0 Å². The molecule has 0 aliphatic rings. The van der Waals surface area contributed by atoms with E-state index in [0.717, 1.165) is 0 Å². The van der Waals surface area contributed by atoms with Crippen molar-refractivity contribution in [3.63, 3.8) is 0 Å². The molecule has 0 aromatic heterocycles. The zero-order valence-electron chi connectivity index (χ0n) is 6.70. The van der Waals surface area contributed by atoms with Crippen molar-refractivity contribution in [2.45, 2.75) is 13.8 Å². The minimum absolute atomic E-state index is 0.456. The Labute approximate surface area is 78.7 Å². The SMILES string of the molecule is CCO[PH](=O)OCC.F[C](F)=[Cu]. The van der Waals surface area contributed by atoms with Crippen molar-refractivity contribution in [1.82, 2.24) is 0 Å². The van der Waals surface area contributed by atoms with Crippen LogP contribution in [0.2, 0.25) is 0 Å². The van der Waals surface area contributed by atoms with Gasteiger partial charge >= 0.3 is 37.5 Å². The Bertz CT molecular complexity index is 133. The van der Waals surface area contributed by atoms with Crippen LogP contribution in [0.15, 0.2) is 0 Å². The summed E-state index contributed by atoms with van der Waals surface area (Å²) < 4.78 is 39.7. The molecule has 0 bridgehead atoms. The summed E-state index contributed by atoms with van der Waals surface area (Å²) in [6.45, 7) is 4.47. The predicted molar refractivity (Wildman–Crippen MR) is 39.5 cm³/mol. The van der Waals surface area contributed by atoms with Crippen LogP contribution in [-0.2, 0) is 29.2 Å². The fourth-order valence-corrected chi connectivity index (χ4v) is 0.832. The maximum atomic E-state index is 10.4. The zero-order chi connectivity index (χ0) is 9.98. The van der Waals surface area contributed by atoms with Gasteiger partial charge in [0.1, 0.15) is 0 Å². The van der Waals surface area contributed by atoms with E-state index in [4.69, 9.17) is 0 Å². The van der Waals surface area contributed by atoms with Gasteiger partial charge < -0.3 is 9.05 Å². The van der Waals surface area contributed by atoms with Gasteiger partial charge in [0.2, 0.25) is 0 Å². The Morgan fingerprint density at radius 3 is 1.75 bits per heavy atom. The van der Waals surface area contributed by atoms with Crippen LogP contribution in [0.1, 0.15) is 13.8 Å². The van der Waals surface area contributed by atoms with E-state index in [9.17, 15) is 13.3 Å². The molecule has 7 heteroatoms. The second-order valence-corrected chi connectivity index (χ2v) is 2.73. The number of hydrogen-bond acceptors (Lipinski definition) is 3. The molecule has 0 radical (unpaired) electrons. The van der Waals surface area contributed by atoms with Crippen molar-refractivity contribution in [2.24, 2.45) is 0 Å². The number of rotatable bonds is 4. The molecule has 0 heterocycles. The van der Waals surface area contributed by atoms with E-state index in [0.29, 0.717) is 13.2 Å². The van der Waals surface area contributed by atoms with Gasteiger partial charge in [0.25, 0.3) is 0 Å². The summed E-state index contributed by atoms with van der Waals surface area (Å²) in [5.41, 5.74) is 0. The van der Waals surface area contributed by atoms with E-state index >= 15 is 0 Å². The van der Waals surface area contributed by atoms with Crippen LogP contribution in [0, 0.1) is 0 Å². The van der Waals surface area contributed by atoms with Crippen LogP contribution < -0.4 is 0 Å². The fraction of sp³-hybridized carbons (Fsp3) is 0.800. The first-order valence-corrected chi connectivity index (χ1v) is 4.83. The standard InChI is InChI=1S/C4H11O3P.CF2.Cu/c1-3-6-8(5)7-4-2;2-1-3;/h8H,3-4H2,1-2H3;;. The van der Waals surface area contributed by atoms with Crippen LogP contribution in [-0.4, -0.2) is 18.1 Å². The van der Waals surface area contributed by atoms with Crippen molar-refractivity contribution >= 4 is 13.2 Å². The molecule has 0 aliphatic heterocycles.